The maximum atomic E-state index is 6.19. The molecule has 0 aliphatic rings. The molecule has 2 aromatic carbocycles. The van der Waals surface area contributed by atoms with Crippen molar-refractivity contribution in [1.82, 2.24) is 0 Å². The Balaban J connectivity index is 2.38. The normalized spacial score (nSPS) is 11.1. The van der Waals surface area contributed by atoms with Crippen LogP contribution in [-0.4, -0.2) is 0 Å². The molecule has 0 radical (unpaired) electrons. The van der Waals surface area contributed by atoms with E-state index in [9.17, 15) is 0 Å². The first-order valence-corrected chi connectivity index (χ1v) is 6.28. The van der Waals surface area contributed by atoms with E-state index in [0.29, 0.717) is 0 Å². The summed E-state index contributed by atoms with van der Waals surface area (Å²) >= 11 is 6.19. The standard InChI is InChI=1S/C16H13ClO/c1-10-5-3-4-6-14(10)15-9-13(17)8-12-7-11(2)18-16(12)15/h3-9H,1-2H3. The fourth-order valence-electron chi connectivity index (χ4n) is 2.32. The van der Waals surface area contributed by atoms with Crippen LogP contribution in [0, 0.1) is 13.8 Å². The van der Waals surface area contributed by atoms with Crippen molar-refractivity contribution in [3.63, 3.8) is 0 Å². The zero-order valence-corrected chi connectivity index (χ0v) is 11.1. The van der Waals surface area contributed by atoms with Crippen LogP contribution in [0.25, 0.3) is 22.1 Å². The number of hydrogen-bond acceptors (Lipinski definition) is 1. The van der Waals surface area contributed by atoms with E-state index in [0.717, 1.165) is 27.3 Å². The molecule has 0 unspecified atom stereocenters. The molecule has 0 bridgehead atoms. The molecule has 0 N–H and O–H groups in total. The Kier molecular flexibility index (Phi) is 2.64. The molecular weight excluding hydrogens is 244 g/mol. The van der Waals surface area contributed by atoms with Gasteiger partial charge in [-0.2, -0.15) is 0 Å². The van der Waals surface area contributed by atoms with Crippen LogP contribution < -0.4 is 0 Å². The van der Waals surface area contributed by atoms with Gasteiger partial charge in [0.25, 0.3) is 0 Å². The van der Waals surface area contributed by atoms with Gasteiger partial charge in [0.05, 0.1) is 0 Å². The SMILES string of the molecule is Cc1cc2cc(Cl)cc(-c3ccccc3C)c2o1. The van der Waals surface area contributed by atoms with Gasteiger partial charge in [0, 0.05) is 16.0 Å². The number of halogens is 1. The van der Waals surface area contributed by atoms with E-state index in [1.807, 2.05) is 37.3 Å². The topological polar surface area (TPSA) is 13.1 Å². The van der Waals surface area contributed by atoms with Crippen molar-refractivity contribution in [1.29, 1.82) is 0 Å². The molecule has 0 aliphatic heterocycles. The van der Waals surface area contributed by atoms with Crippen LogP contribution in [-0.2, 0) is 0 Å². The highest BCUT2D eigenvalue weighted by Crippen LogP contribution is 2.35. The van der Waals surface area contributed by atoms with Crippen molar-refractivity contribution in [2.75, 3.05) is 0 Å². The van der Waals surface area contributed by atoms with E-state index >= 15 is 0 Å². The Morgan fingerprint density at radius 1 is 0.944 bits per heavy atom. The van der Waals surface area contributed by atoms with E-state index in [4.69, 9.17) is 16.0 Å². The lowest BCUT2D eigenvalue weighted by molar-refractivity contribution is 0.579. The summed E-state index contributed by atoms with van der Waals surface area (Å²) in [5.74, 6) is 0.905. The summed E-state index contributed by atoms with van der Waals surface area (Å²) in [6.07, 6.45) is 0. The summed E-state index contributed by atoms with van der Waals surface area (Å²) < 4.78 is 5.80. The fraction of sp³-hybridized carbons (Fsp3) is 0.125. The van der Waals surface area contributed by atoms with E-state index in [1.54, 1.807) is 0 Å². The summed E-state index contributed by atoms with van der Waals surface area (Å²) in [6.45, 7) is 4.05. The highest BCUT2D eigenvalue weighted by molar-refractivity contribution is 6.31. The Labute approximate surface area is 111 Å². The number of aryl methyl sites for hydroxylation is 2. The highest BCUT2D eigenvalue weighted by atomic mass is 35.5. The first-order chi connectivity index (χ1) is 8.65. The summed E-state index contributed by atoms with van der Waals surface area (Å²) in [6, 6.07) is 14.2. The van der Waals surface area contributed by atoms with Crippen molar-refractivity contribution in [2.24, 2.45) is 0 Å². The molecule has 90 valence electrons. The highest BCUT2D eigenvalue weighted by Gasteiger charge is 2.11. The van der Waals surface area contributed by atoms with Gasteiger partial charge >= 0.3 is 0 Å². The smallest absolute Gasteiger partial charge is 0.142 e. The van der Waals surface area contributed by atoms with Crippen molar-refractivity contribution in [3.05, 3.63) is 58.8 Å². The molecule has 0 aliphatic carbocycles. The second-order valence-electron chi connectivity index (χ2n) is 4.54. The van der Waals surface area contributed by atoms with Crippen molar-refractivity contribution in [2.45, 2.75) is 13.8 Å². The monoisotopic (exact) mass is 256 g/mol. The molecule has 18 heavy (non-hydrogen) atoms. The van der Waals surface area contributed by atoms with Crippen molar-refractivity contribution >= 4 is 22.6 Å². The fourth-order valence-corrected chi connectivity index (χ4v) is 2.55. The van der Waals surface area contributed by atoms with Crippen LogP contribution in [0.2, 0.25) is 5.02 Å². The largest absolute Gasteiger partial charge is 0.461 e. The molecule has 0 fully saturated rings. The lowest BCUT2D eigenvalue weighted by Crippen LogP contribution is -1.83. The van der Waals surface area contributed by atoms with Gasteiger partial charge in [-0.05, 0) is 43.2 Å². The van der Waals surface area contributed by atoms with Crippen LogP contribution in [0.4, 0.5) is 0 Å². The van der Waals surface area contributed by atoms with E-state index < -0.39 is 0 Å². The number of hydrogen-bond donors (Lipinski definition) is 0. The van der Waals surface area contributed by atoms with Crippen LogP contribution in [0.3, 0.4) is 0 Å². The van der Waals surface area contributed by atoms with Gasteiger partial charge in [-0.3, -0.25) is 0 Å². The number of fused-ring (bicyclic) bond motifs is 1. The molecule has 2 heteroatoms. The van der Waals surface area contributed by atoms with E-state index in [2.05, 4.69) is 19.1 Å². The molecule has 1 nitrogen and oxygen atoms in total. The second kappa shape index (κ2) is 4.18. The average Bonchev–Trinajstić information content (AvgIpc) is 2.69. The van der Waals surface area contributed by atoms with E-state index in [-0.39, 0.29) is 0 Å². The maximum Gasteiger partial charge on any atom is 0.142 e. The number of rotatable bonds is 1. The lowest BCUT2D eigenvalue weighted by atomic mass is 9.99. The Hall–Kier alpha value is -1.73. The summed E-state index contributed by atoms with van der Waals surface area (Å²) in [5.41, 5.74) is 4.35. The molecule has 3 rings (SSSR count). The first kappa shape index (κ1) is 11.4. The van der Waals surface area contributed by atoms with Gasteiger partial charge < -0.3 is 4.42 Å². The van der Waals surface area contributed by atoms with Crippen LogP contribution in [0.1, 0.15) is 11.3 Å². The minimum absolute atomic E-state index is 0.738. The third-order valence-electron chi connectivity index (χ3n) is 3.14. The Morgan fingerprint density at radius 2 is 1.72 bits per heavy atom. The molecule has 1 heterocycles. The Morgan fingerprint density at radius 3 is 2.50 bits per heavy atom. The molecule has 0 saturated carbocycles. The number of furan rings is 1. The van der Waals surface area contributed by atoms with Crippen LogP contribution in [0.15, 0.2) is 46.9 Å². The third kappa shape index (κ3) is 1.81. The van der Waals surface area contributed by atoms with Crippen molar-refractivity contribution < 1.29 is 4.42 Å². The average molecular weight is 257 g/mol. The van der Waals surface area contributed by atoms with Gasteiger partial charge in [-0.15, -0.1) is 0 Å². The zero-order valence-electron chi connectivity index (χ0n) is 10.3. The third-order valence-corrected chi connectivity index (χ3v) is 3.36. The predicted octanol–water partition coefficient (Wildman–Crippen LogP) is 5.37. The lowest BCUT2D eigenvalue weighted by Gasteiger charge is -2.07. The molecule has 0 spiro atoms. The Bertz CT molecular complexity index is 725. The van der Waals surface area contributed by atoms with Gasteiger partial charge in [-0.1, -0.05) is 35.9 Å². The second-order valence-corrected chi connectivity index (χ2v) is 4.98. The summed E-state index contributed by atoms with van der Waals surface area (Å²) in [5, 5.41) is 1.79. The molecule has 1 aromatic heterocycles. The number of benzene rings is 2. The van der Waals surface area contributed by atoms with Crippen LogP contribution in [0.5, 0.6) is 0 Å². The minimum atomic E-state index is 0.738. The summed E-state index contributed by atoms with van der Waals surface area (Å²) in [4.78, 5) is 0. The van der Waals surface area contributed by atoms with Gasteiger partial charge in [0.1, 0.15) is 11.3 Å². The zero-order chi connectivity index (χ0) is 12.7. The molecule has 0 amide bonds. The quantitative estimate of drug-likeness (QED) is 0.570. The van der Waals surface area contributed by atoms with E-state index in [1.165, 1.54) is 11.1 Å². The van der Waals surface area contributed by atoms with Gasteiger partial charge in [-0.25, -0.2) is 0 Å². The molecule has 0 atom stereocenters. The predicted molar refractivity (Wildman–Crippen MR) is 76.1 cm³/mol. The van der Waals surface area contributed by atoms with Crippen molar-refractivity contribution in [3.8, 4) is 11.1 Å². The minimum Gasteiger partial charge on any atom is -0.461 e. The van der Waals surface area contributed by atoms with Crippen LogP contribution >= 0.6 is 11.6 Å². The van der Waals surface area contributed by atoms with Gasteiger partial charge in [0.15, 0.2) is 0 Å². The molecular formula is C16H13ClO. The maximum absolute atomic E-state index is 6.19. The summed E-state index contributed by atoms with van der Waals surface area (Å²) in [7, 11) is 0. The first-order valence-electron chi connectivity index (χ1n) is 5.91. The molecule has 3 aromatic rings. The van der Waals surface area contributed by atoms with Gasteiger partial charge in [0.2, 0.25) is 0 Å². The molecule has 0 saturated heterocycles.